The normalized spacial score (nSPS) is 46.9. The van der Waals surface area contributed by atoms with E-state index in [0.29, 0.717) is 36.2 Å². The van der Waals surface area contributed by atoms with Crippen LogP contribution < -0.4 is 0 Å². The van der Waals surface area contributed by atoms with Gasteiger partial charge < -0.3 is 24.8 Å². The van der Waals surface area contributed by atoms with E-state index in [4.69, 9.17) is 9.47 Å². The van der Waals surface area contributed by atoms with Gasteiger partial charge in [0, 0.05) is 16.4 Å². The number of esters is 2. The van der Waals surface area contributed by atoms with E-state index in [1.54, 1.807) is 26.8 Å². The number of allylic oxidation sites excluding steroid dienone is 2. The Morgan fingerprint density at radius 2 is 1.62 bits per heavy atom. The summed E-state index contributed by atoms with van der Waals surface area (Å²) in [6.45, 7) is 25.2. The first-order valence-corrected chi connectivity index (χ1v) is 18.9. The molecule has 48 heavy (non-hydrogen) atoms. The van der Waals surface area contributed by atoms with E-state index in [1.165, 1.54) is 6.42 Å². The van der Waals surface area contributed by atoms with Crippen LogP contribution >= 0.6 is 0 Å². The first-order valence-electron chi connectivity index (χ1n) is 18.9. The van der Waals surface area contributed by atoms with Crippen LogP contribution in [0.15, 0.2) is 23.3 Å². The molecule has 0 bridgehead atoms. The number of carbonyl (C=O) groups excluding carboxylic acids is 2. The van der Waals surface area contributed by atoms with Crippen molar-refractivity contribution in [3.05, 3.63) is 23.3 Å². The van der Waals surface area contributed by atoms with Crippen molar-refractivity contribution in [2.24, 2.45) is 62.1 Å². The molecule has 4 fully saturated rings. The Hall–Kier alpha value is -1.70. The highest BCUT2D eigenvalue weighted by atomic mass is 16.6. The minimum absolute atomic E-state index is 0.0916. The van der Waals surface area contributed by atoms with Gasteiger partial charge in [-0.15, -0.1) is 0 Å². The second-order valence-corrected chi connectivity index (χ2v) is 18.8. The van der Waals surface area contributed by atoms with E-state index in [1.807, 2.05) is 20.8 Å². The number of fused-ring (bicyclic) bond motifs is 7. The van der Waals surface area contributed by atoms with Crippen molar-refractivity contribution < 1.29 is 34.4 Å². The highest BCUT2D eigenvalue weighted by Crippen LogP contribution is 2.76. The summed E-state index contributed by atoms with van der Waals surface area (Å²) in [4.78, 5) is 26.3. The van der Waals surface area contributed by atoms with Gasteiger partial charge >= 0.3 is 11.9 Å². The van der Waals surface area contributed by atoms with Gasteiger partial charge in [0.05, 0.1) is 23.5 Å². The molecule has 4 saturated carbocycles. The van der Waals surface area contributed by atoms with Gasteiger partial charge in [-0.1, -0.05) is 87.0 Å². The van der Waals surface area contributed by atoms with Crippen molar-refractivity contribution in [2.45, 2.75) is 152 Å². The van der Waals surface area contributed by atoms with Crippen LogP contribution in [-0.4, -0.2) is 58.3 Å². The molecule has 5 rings (SSSR count). The van der Waals surface area contributed by atoms with Gasteiger partial charge in [-0.25, -0.2) is 4.79 Å². The van der Waals surface area contributed by atoms with Crippen molar-refractivity contribution in [2.75, 3.05) is 6.61 Å². The van der Waals surface area contributed by atoms with Gasteiger partial charge in [0.25, 0.3) is 0 Å². The van der Waals surface area contributed by atoms with E-state index < -0.39 is 58.5 Å². The third-order valence-electron chi connectivity index (χ3n) is 16.2. The summed E-state index contributed by atoms with van der Waals surface area (Å²) >= 11 is 0. The largest absolute Gasteiger partial charge is 0.465 e. The van der Waals surface area contributed by atoms with Crippen molar-refractivity contribution in [3.63, 3.8) is 0 Å². The van der Waals surface area contributed by atoms with Crippen LogP contribution in [-0.2, 0) is 19.1 Å². The quantitative estimate of drug-likeness (QED) is 0.153. The lowest BCUT2D eigenvalue weighted by Gasteiger charge is -2.73. The fraction of sp³-hybridized carbons (Fsp3) is 0.854. The highest BCUT2D eigenvalue weighted by molar-refractivity contribution is 5.87. The molecule has 3 N–H and O–H groups in total. The molecule has 5 aliphatic rings. The predicted molar refractivity (Wildman–Crippen MR) is 187 cm³/mol. The van der Waals surface area contributed by atoms with E-state index in [-0.39, 0.29) is 28.8 Å². The molecule has 0 aliphatic heterocycles. The standard InChI is InChI=1S/C41H66O7/c1-13-23(3)34(45)47-22-41-27(21-36(6,7)33(32(41)44)48-35(46)24(4)14-2)26-15-16-29-38(10)19-17-25(5)37(8,9)28(38)18-20-39(29,11)40(26,12)30(42)31(41)43/h14-15,23,25,27-33,42-44H,13,16-22H2,1-12H3/t23?,25-,27?,28?,29?,30-,31+,32-,33-,38-,39+,40-,41-/m0/s1. The molecule has 7 heteroatoms. The minimum Gasteiger partial charge on any atom is -0.465 e. The van der Waals surface area contributed by atoms with Gasteiger partial charge in [0.15, 0.2) is 0 Å². The smallest absolute Gasteiger partial charge is 0.333 e. The number of hydrogen-bond donors (Lipinski definition) is 3. The van der Waals surface area contributed by atoms with Crippen LogP contribution in [0.1, 0.15) is 128 Å². The summed E-state index contributed by atoms with van der Waals surface area (Å²) in [5.41, 5.74) is -1.43. The Balaban J connectivity index is 1.65. The first kappa shape index (κ1) is 37.6. The van der Waals surface area contributed by atoms with Crippen molar-refractivity contribution in [1.82, 2.24) is 0 Å². The lowest BCUT2D eigenvalue weighted by atomic mass is 9.32. The molecule has 0 amide bonds. The first-order chi connectivity index (χ1) is 22.1. The topological polar surface area (TPSA) is 113 Å². The fourth-order valence-corrected chi connectivity index (χ4v) is 12.1. The minimum atomic E-state index is -1.47. The predicted octanol–water partition coefficient (Wildman–Crippen LogP) is 7.41. The molecule has 0 saturated heterocycles. The summed E-state index contributed by atoms with van der Waals surface area (Å²) in [5, 5.41) is 37.8. The number of hydrogen-bond acceptors (Lipinski definition) is 7. The molecule has 0 aromatic heterocycles. The fourth-order valence-electron chi connectivity index (χ4n) is 12.1. The van der Waals surface area contributed by atoms with Crippen LogP contribution in [0, 0.1) is 62.1 Å². The third-order valence-corrected chi connectivity index (χ3v) is 16.2. The molecular formula is C41H66O7. The van der Waals surface area contributed by atoms with E-state index in [9.17, 15) is 24.9 Å². The van der Waals surface area contributed by atoms with Gasteiger partial charge in [-0.3, -0.25) is 4.79 Å². The van der Waals surface area contributed by atoms with E-state index in [2.05, 4.69) is 47.6 Å². The molecule has 4 unspecified atom stereocenters. The van der Waals surface area contributed by atoms with E-state index >= 15 is 0 Å². The molecular weight excluding hydrogens is 604 g/mol. The second kappa shape index (κ2) is 12.2. The lowest BCUT2D eigenvalue weighted by molar-refractivity contribution is -0.290. The monoisotopic (exact) mass is 670 g/mol. The number of aliphatic hydroxyl groups is 3. The average Bonchev–Trinajstić information content (AvgIpc) is 3.03. The molecule has 0 aromatic rings. The summed E-state index contributed by atoms with van der Waals surface area (Å²) < 4.78 is 12.1. The summed E-state index contributed by atoms with van der Waals surface area (Å²) in [5.74, 6) is -0.151. The SMILES string of the molecule is CC=C(C)C(=O)O[C@H]1[C@H](O)[C@@]2(COC(=O)C(C)CC)C(CC1(C)C)C1=CCC3[C@@]4(C)CC[C@H](C)C(C)(C)C4CC[C@@]3(C)[C@]1(C)[C@@H](O)[C@H]2O. The molecule has 272 valence electrons. The van der Waals surface area contributed by atoms with Crippen LogP contribution in [0.4, 0.5) is 0 Å². The lowest BCUT2D eigenvalue weighted by Crippen LogP contribution is -2.76. The summed E-state index contributed by atoms with van der Waals surface area (Å²) in [7, 11) is 0. The van der Waals surface area contributed by atoms with E-state index in [0.717, 1.165) is 31.3 Å². The number of ether oxygens (including phenoxy) is 2. The van der Waals surface area contributed by atoms with Crippen LogP contribution in [0.25, 0.3) is 0 Å². The molecule has 0 spiro atoms. The molecule has 5 aliphatic carbocycles. The zero-order valence-electron chi connectivity index (χ0n) is 32.0. The Labute approximate surface area is 290 Å². The number of carbonyl (C=O) groups is 2. The highest BCUT2D eigenvalue weighted by Gasteiger charge is 2.75. The third kappa shape index (κ3) is 4.97. The number of rotatable bonds is 6. The Morgan fingerprint density at radius 3 is 2.23 bits per heavy atom. The van der Waals surface area contributed by atoms with Gasteiger partial charge in [-0.05, 0) is 98.7 Å². The van der Waals surface area contributed by atoms with Crippen molar-refractivity contribution in [3.8, 4) is 0 Å². The Bertz CT molecular complexity index is 1350. The van der Waals surface area contributed by atoms with Crippen LogP contribution in [0.5, 0.6) is 0 Å². The molecule has 0 radical (unpaired) electrons. The molecule has 0 aromatic carbocycles. The maximum atomic E-state index is 13.2. The van der Waals surface area contributed by atoms with Crippen LogP contribution in [0.3, 0.4) is 0 Å². The summed E-state index contributed by atoms with van der Waals surface area (Å²) in [6.07, 6.45) is 5.32. The Kier molecular flexibility index (Phi) is 9.56. The van der Waals surface area contributed by atoms with Gasteiger partial charge in [-0.2, -0.15) is 0 Å². The van der Waals surface area contributed by atoms with Gasteiger partial charge in [0.2, 0.25) is 0 Å². The zero-order chi connectivity index (χ0) is 36.0. The average molecular weight is 671 g/mol. The van der Waals surface area contributed by atoms with Gasteiger partial charge in [0.1, 0.15) is 18.8 Å². The van der Waals surface area contributed by atoms with Crippen molar-refractivity contribution >= 4 is 11.9 Å². The summed E-state index contributed by atoms with van der Waals surface area (Å²) in [6, 6.07) is 0. The van der Waals surface area contributed by atoms with Crippen molar-refractivity contribution in [1.29, 1.82) is 0 Å². The Morgan fingerprint density at radius 1 is 0.979 bits per heavy atom. The van der Waals surface area contributed by atoms with Crippen LogP contribution in [0.2, 0.25) is 0 Å². The molecule has 13 atom stereocenters. The number of aliphatic hydroxyl groups excluding tert-OH is 3. The maximum Gasteiger partial charge on any atom is 0.333 e. The zero-order valence-corrected chi connectivity index (χ0v) is 32.0. The molecule has 0 heterocycles. The second-order valence-electron chi connectivity index (χ2n) is 18.8. The molecule has 7 nitrogen and oxygen atoms in total. The maximum absolute atomic E-state index is 13.2.